The second kappa shape index (κ2) is 5.05. The number of hydrogen-bond acceptors (Lipinski definition) is 4. The SMILES string of the molecule is COC(=O)OC1Nc2c(n(C)c3ccccc23)-c2ccccc21. The number of fused-ring (bicyclic) bond motifs is 5. The fourth-order valence-electron chi connectivity index (χ4n) is 3.24. The number of carbonyl (C=O) groups excluding carboxylic acids is 1. The lowest BCUT2D eigenvalue weighted by Gasteiger charge is -2.27. The number of aryl methyl sites for hydroxylation is 1. The molecule has 0 bridgehead atoms. The molecule has 4 rings (SSSR count). The van der Waals surface area contributed by atoms with Gasteiger partial charge in [0.15, 0.2) is 0 Å². The molecule has 0 fully saturated rings. The molecule has 1 aliphatic heterocycles. The second-order valence-corrected chi connectivity index (χ2v) is 5.48. The Morgan fingerprint density at radius 2 is 1.87 bits per heavy atom. The zero-order valence-electron chi connectivity index (χ0n) is 12.9. The Hall–Kier alpha value is -2.95. The van der Waals surface area contributed by atoms with E-state index in [1.165, 1.54) is 7.11 Å². The summed E-state index contributed by atoms with van der Waals surface area (Å²) in [6.45, 7) is 0. The number of ether oxygens (including phenoxy) is 2. The standard InChI is InChI=1S/C18H16N2O3/c1-20-14-10-6-5-9-13(14)15-16(20)11-7-3-4-8-12(11)17(19-15)23-18(21)22-2/h3-10,17,19H,1-2H3. The van der Waals surface area contributed by atoms with E-state index in [0.29, 0.717) is 0 Å². The molecule has 0 saturated heterocycles. The van der Waals surface area contributed by atoms with Gasteiger partial charge in [0.2, 0.25) is 6.23 Å². The number of aromatic nitrogens is 1. The molecule has 3 aromatic rings. The van der Waals surface area contributed by atoms with Crippen LogP contribution in [-0.4, -0.2) is 17.8 Å². The summed E-state index contributed by atoms with van der Waals surface area (Å²) in [5.41, 5.74) is 5.14. The van der Waals surface area contributed by atoms with Crippen molar-refractivity contribution < 1.29 is 14.3 Å². The van der Waals surface area contributed by atoms with Crippen molar-refractivity contribution in [2.45, 2.75) is 6.23 Å². The molecule has 0 spiro atoms. The summed E-state index contributed by atoms with van der Waals surface area (Å²) in [7, 11) is 3.35. The van der Waals surface area contributed by atoms with Gasteiger partial charge in [0.25, 0.3) is 0 Å². The van der Waals surface area contributed by atoms with E-state index in [1.54, 1.807) is 0 Å². The maximum absolute atomic E-state index is 11.6. The molecule has 23 heavy (non-hydrogen) atoms. The number of benzene rings is 2. The first-order valence-electron chi connectivity index (χ1n) is 7.38. The van der Waals surface area contributed by atoms with Crippen molar-refractivity contribution in [1.82, 2.24) is 4.57 Å². The molecule has 0 saturated carbocycles. The summed E-state index contributed by atoms with van der Waals surface area (Å²) >= 11 is 0. The van der Waals surface area contributed by atoms with Gasteiger partial charge in [0, 0.05) is 23.6 Å². The van der Waals surface area contributed by atoms with Gasteiger partial charge in [-0.25, -0.2) is 4.79 Å². The topological polar surface area (TPSA) is 52.5 Å². The Morgan fingerprint density at radius 3 is 2.70 bits per heavy atom. The minimum Gasteiger partial charge on any atom is -0.438 e. The summed E-state index contributed by atoms with van der Waals surface area (Å²) in [5.74, 6) is 0. The number of nitrogens with one attached hydrogen (secondary N) is 1. The van der Waals surface area contributed by atoms with Crippen LogP contribution in [0.25, 0.3) is 22.2 Å². The van der Waals surface area contributed by atoms with Gasteiger partial charge in [-0.15, -0.1) is 0 Å². The molecule has 1 aromatic heterocycles. The Morgan fingerprint density at radius 1 is 1.13 bits per heavy atom. The van der Waals surface area contributed by atoms with Crippen LogP contribution in [0.15, 0.2) is 48.5 Å². The maximum atomic E-state index is 11.6. The largest absolute Gasteiger partial charge is 0.510 e. The number of para-hydroxylation sites is 1. The smallest absolute Gasteiger partial charge is 0.438 e. The zero-order chi connectivity index (χ0) is 16.0. The van der Waals surface area contributed by atoms with Crippen molar-refractivity contribution in [2.75, 3.05) is 12.4 Å². The highest BCUT2D eigenvalue weighted by Crippen LogP contribution is 2.45. The van der Waals surface area contributed by atoms with Crippen LogP contribution >= 0.6 is 0 Å². The van der Waals surface area contributed by atoms with Gasteiger partial charge in [-0.2, -0.15) is 0 Å². The van der Waals surface area contributed by atoms with E-state index in [9.17, 15) is 4.79 Å². The molecule has 1 unspecified atom stereocenters. The predicted octanol–water partition coefficient (Wildman–Crippen LogP) is 4.05. The van der Waals surface area contributed by atoms with Crippen LogP contribution in [0.4, 0.5) is 10.5 Å². The van der Waals surface area contributed by atoms with Crippen molar-refractivity contribution in [3.8, 4) is 11.3 Å². The molecule has 1 atom stereocenters. The third-order valence-corrected chi connectivity index (χ3v) is 4.26. The third-order valence-electron chi connectivity index (χ3n) is 4.26. The van der Waals surface area contributed by atoms with Crippen molar-refractivity contribution in [3.05, 3.63) is 54.1 Å². The monoisotopic (exact) mass is 308 g/mol. The maximum Gasteiger partial charge on any atom is 0.510 e. The summed E-state index contributed by atoms with van der Waals surface area (Å²) in [6.07, 6.45) is -1.28. The van der Waals surface area contributed by atoms with Crippen molar-refractivity contribution in [1.29, 1.82) is 0 Å². The Bertz CT molecular complexity index is 914. The van der Waals surface area contributed by atoms with E-state index in [2.05, 4.69) is 26.8 Å². The summed E-state index contributed by atoms with van der Waals surface area (Å²) in [4.78, 5) is 11.6. The lowest BCUT2D eigenvalue weighted by molar-refractivity contribution is 0.0459. The molecule has 2 aromatic carbocycles. The number of methoxy groups -OCH3 is 1. The second-order valence-electron chi connectivity index (χ2n) is 5.48. The molecule has 5 nitrogen and oxygen atoms in total. The lowest BCUT2D eigenvalue weighted by Crippen LogP contribution is -2.22. The zero-order valence-corrected chi connectivity index (χ0v) is 12.9. The number of hydrogen-bond donors (Lipinski definition) is 1. The minimum absolute atomic E-state index is 0.572. The Kier molecular flexibility index (Phi) is 3.01. The van der Waals surface area contributed by atoms with E-state index in [0.717, 1.165) is 33.4 Å². The molecule has 116 valence electrons. The molecular weight excluding hydrogens is 292 g/mol. The van der Waals surface area contributed by atoms with E-state index in [1.807, 2.05) is 43.4 Å². The highest BCUT2D eigenvalue weighted by atomic mass is 16.7. The van der Waals surface area contributed by atoms with E-state index < -0.39 is 12.4 Å². The molecular formula is C18H16N2O3. The number of anilines is 1. The van der Waals surface area contributed by atoms with Crippen molar-refractivity contribution >= 4 is 22.7 Å². The van der Waals surface area contributed by atoms with Crippen molar-refractivity contribution in [3.63, 3.8) is 0 Å². The van der Waals surface area contributed by atoms with E-state index in [4.69, 9.17) is 4.74 Å². The van der Waals surface area contributed by atoms with Crippen LogP contribution in [0.5, 0.6) is 0 Å². The summed E-state index contributed by atoms with van der Waals surface area (Å²) in [5, 5.41) is 4.43. The van der Waals surface area contributed by atoms with E-state index >= 15 is 0 Å². The highest BCUT2D eigenvalue weighted by molar-refractivity contribution is 6.03. The fraction of sp³-hybridized carbons (Fsp3) is 0.167. The lowest BCUT2D eigenvalue weighted by atomic mass is 9.98. The summed E-state index contributed by atoms with van der Waals surface area (Å²) < 4.78 is 12.2. The average molecular weight is 308 g/mol. The number of nitrogens with zero attached hydrogens (tertiary/aromatic N) is 1. The first kappa shape index (κ1) is 13.7. The van der Waals surface area contributed by atoms with Gasteiger partial charge in [-0.3, -0.25) is 0 Å². The van der Waals surface area contributed by atoms with Crippen LogP contribution in [0, 0.1) is 0 Å². The number of rotatable bonds is 1. The van der Waals surface area contributed by atoms with Gasteiger partial charge in [-0.1, -0.05) is 42.5 Å². The Balaban J connectivity index is 1.95. The van der Waals surface area contributed by atoms with E-state index in [-0.39, 0.29) is 0 Å². The molecule has 0 aliphatic carbocycles. The van der Waals surface area contributed by atoms with Crippen LogP contribution in [0.2, 0.25) is 0 Å². The molecule has 2 heterocycles. The van der Waals surface area contributed by atoms with Gasteiger partial charge in [-0.05, 0) is 6.07 Å². The quantitative estimate of drug-likeness (QED) is 0.689. The predicted molar refractivity (Wildman–Crippen MR) is 88.2 cm³/mol. The highest BCUT2D eigenvalue weighted by Gasteiger charge is 2.30. The average Bonchev–Trinajstić information content (AvgIpc) is 2.88. The number of carbonyl (C=O) groups is 1. The third kappa shape index (κ3) is 1.97. The normalized spacial score (nSPS) is 15.5. The van der Waals surface area contributed by atoms with Gasteiger partial charge < -0.3 is 19.4 Å². The van der Waals surface area contributed by atoms with Crippen LogP contribution in [0.3, 0.4) is 0 Å². The first-order valence-corrected chi connectivity index (χ1v) is 7.38. The van der Waals surface area contributed by atoms with Crippen LogP contribution in [0.1, 0.15) is 11.8 Å². The first-order chi connectivity index (χ1) is 11.2. The van der Waals surface area contributed by atoms with Gasteiger partial charge in [0.1, 0.15) is 0 Å². The fourth-order valence-corrected chi connectivity index (χ4v) is 3.24. The minimum atomic E-state index is -0.707. The molecule has 1 aliphatic rings. The Labute approximate surface area is 133 Å². The molecule has 0 amide bonds. The van der Waals surface area contributed by atoms with Crippen LogP contribution in [-0.2, 0) is 16.5 Å². The molecule has 5 heteroatoms. The van der Waals surface area contributed by atoms with Crippen molar-refractivity contribution in [2.24, 2.45) is 7.05 Å². The summed E-state index contributed by atoms with van der Waals surface area (Å²) in [6, 6.07) is 16.1. The van der Waals surface area contributed by atoms with Crippen LogP contribution < -0.4 is 5.32 Å². The molecule has 0 radical (unpaired) electrons. The van der Waals surface area contributed by atoms with Gasteiger partial charge in [0.05, 0.1) is 24.0 Å². The molecule has 1 N–H and O–H groups in total. The van der Waals surface area contributed by atoms with Gasteiger partial charge >= 0.3 is 6.16 Å².